The van der Waals surface area contributed by atoms with Crippen LogP contribution >= 0.6 is 27.5 Å². The Hall–Kier alpha value is -1.79. The van der Waals surface area contributed by atoms with Crippen LogP contribution in [0.15, 0.2) is 38.7 Å². The average Bonchev–Trinajstić information content (AvgIpc) is 3.02. The standard InChI is InChI=1S/C16H13BrClN3O2/c1-21-15-14(16(23)20-21)12(7-2-3-8(17)9(18)6-7)13-10(19-15)4-5-11(13)22/h2-3,6,12,19H,4-5H2,1H3,(H,20,23). The quantitative estimate of drug-likeness (QED) is 0.780. The van der Waals surface area contributed by atoms with Crippen LogP contribution in [-0.2, 0) is 11.8 Å². The fraction of sp³-hybridized carbons (Fsp3) is 0.250. The van der Waals surface area contributed by atoms with Gasteiger partial charge in [0.15, 0.2) is 5.78 Å². The van der Waals surface area contributed by atoms with E-state index in [1.54, 1.807) is 11.7 Å². The van der Waals surface area contributed by atoms with Gasteiger partial charge in [0.05, 0.1) is 10.6 Å². The van der Waals surface area contributed by atoms with Crippen LogP contribution in [0, 0.1) is 0 Å². The number of hydrogen-bond donors (Lipinski definition) is 2. The number of aryl methyl sites for hydroxylation is 1. The lowest BCUT2D eigenvalue weighted by atomic mass is 9.82. The lowest BCUT2D eigenvalue weighted by Crippen LogP contribution is -2.23. The summed E-state index contributed by atoms with van der Waals surface area (Å²) in [5.74, 6) is 0.421. The minimum absolute atomic E-state index is 0.0884. The first kappa shape index (κ1) is 14.8. The Bertz CT molecular complexity index is 941. The first-order chi connectivity index (χ1) is 11.0. The van der Waals surface area contributed by atoms with E-state index >= 15 is 0 Å². The molecule has 23 heavy (non-hydrogen) atoms. The number of aromatic amines is 1. The van der Waals surface area contributed by atoms with Crippen molar-refractivity contribution in [2.45, 2.75) is 18.8 Å². The Labute approximate surface area is 145 Å². The van der Waals surface area contributed by atoms with Gasteiger partial charge in [-0.1, -0.05) is 17.7 Å². The highest BCUT2D eigenvalue weighted by Gasteiger charge is 2.39. The Morgan fingerprint density at radius 3 is 2.83 bits per heavy atom. The van der Waals surface area contributed by atoms with Gasteiger partial charge in [0.1, 0.15) is 5.82 Å². The van der Waals surface area contributed by atoms with E-state index in [0.717, 1.165) is 15.7 Å². The number of hydrogen-bond acceptors (Lipinski definition) is 3. The summed E-state index contributed by atoms with van der Waals surface area (Å²) in [5, 5.41) is 6.58. The van der Waals surface area contributed by atoms with E-state index in [1.165, 1.54) is 0 Å². The van der Waals surface area contributed by atoms with Crippen LogP contribution in [0.1, 0.15) is 29.9 Å². The van der Waals surface area contributed by atoms with Crippen molar-refractivity contribution in [1.82, 2.24) is 9.78 Å². The van der Waals surface area contributed by atoms with Crippen molar-refractivity contribution in [2.24, 2.45) is 7.05 Å². The molecule has 2 aromatic rings. The first-order valence-corrected chi connectivity index (χ1v) is 8.41. The molecule has 1 aliphatic carbocycles. The summed E-state index contributed by atoms with van der Waals surface area (Å²) in [6.45, 7) is 0. The minimum Gasteiger partial charge on any atom is -0.343 e. The predicted octanol–water partition coefficient (Wildman–Crippen LogP) is 3.30. The van der Waals surface area contributed by atoms with Gasteiger partial charge in [-0.3, -0.25) is 19.4 Å². The zero-order chi connectivity index (χ0) is 16.3. The van der Waals surface area contributed by atoms with Gasteiger partial charge < -0.3 is 5.32 Å². The number of H-pyrrole nitrogens is 1. The van der Waals surface area contributed by atoms with E-state index in [4.69, 9.17) is 11.6 Å². The van der Waals surface area contributed by atoms with Crippen molar-refractivity contribution in [3.63, 3.8) is 0 Å². The number of anilines is 1. The third kappa shape index (κ3) is 2.12. The zero-order valence-electron chi connectivity index (χ0n) is 12.2. The molecule has 0 spiro atoms. The molecular weight excluding hydrogens is 382 g/mol. The van der Waals surface area contributed by atoms with E-state index in [9.17, 15) is 9.59 Å². The van der Waals surface area contributed by atoms with Gasteiger partial charge in [-0.2, -0.15) is 0 Å². The minimum atomic E-state index is -0.383. The van der Waals surface area contributed by atoms with Crippen molar-refractivity contribution < 1.29 is 4.79 Å². The van der Waals surface area contributed by atoms with Gasteiger partial charge in [-0.05, 0) is 40.0 Å². The number of nitrogens with one attached hydrogen (secondary N) is 2. The third-order valence-corrected chi connectivity index (χ3v) is 5.69. The van der Waals surface area contributed by atoms with E-state index in [1.807, 2.05) is 18.2 Å². The molecule has 0 amide bonds. The third-order valence-electron chi connectivity index (χ3n) is 4.46. The fourth-order valence-electron chi connectivity index (χ4n) is 3.43. The maximum Gasteiger partial charge on any atom is 0.270 e. The number of aromatic nitrogens is 2. The molecule has 2 heterocycles. The maximum absolute atomic E-state index is 12.4. The molecule has 1 aromatic carbocycles. The number of allylic oxidation sites excluding steroid dienone is 2. The van der Waals surface area contributed by atoms with E-state index in [-0.39, 0.29) is 17.3 Å². The monoisotopic (exact) mass is 393 g/mol. The molecule has 0 radical (unpaired) electrons. The largest absolute Gasteiger partial charge is 0.343 e. The van der Waals surface area contributed by atoms with Crippen LogP contribution in [-0.4, -0.2) is 15.6 Å². The summed E-state index contributed by atoms with van der Waals surface area (Å²) < 4.78 is 2.45. The van der Waals surface area contributed by atoms with Gasteiger partial charge in [-0.15, -0.1) is 0 Å². The Morgan fingerprint density at radius 1 is 1.30 bits per heavy atom. The summed E-state index contributed by atoms with van der Waals surface area (Å²) >= 11 is 9.61. The molecule has 118 valence electrons. The molecule has 5 nitrogen and oxygen atoms in total. The van der Waals surface area contributed by atoms with E-state index < -0.39 is 0 Å². The van der Waals surface area contributed by atoms with Crippen LogP contribution in [0.5, 0.6) is 0 Å². The normalized spacial score (nSPS) is 19.6. The second-order valence-electron chi connectivity index (χ2n) is 5.81. The molecule has 0 fully saturated rings. The van der Waals surface area contributed by atoms with Crippen LogP contribution in [0.4, 0.5) is 5.82 Å². The summed E-state index contributed by atoms with van der Waals surface area (Å²) in [6, 6.07) is 5.56. The fourth-order valence-corrected chi connectivity index (χ4v) is 3.87. The van der Waals surface area contributed by atoms with Crippen LogP contribution in [0.25, 0.3) is 0 Å². The molecule has 0 bridgehead atoms. The molecule has 0 saturated heterocycles. The number of carbonyl (C=O) groups is 1. The smallest absolute Gasteiger partial charge is 0.270 e. The molecule has 1 aromatic heterocycles. The molecule has 7 heteroatoms. The topological polar surface area (TPSA) is 66.9 Å². The van der Waals surface area contributed by atoms with Crippen molar-refractivity contribution in [1.29, 1.82) is 0 Å². The van der Waals surface area contributed by atoms with Gasteiger partial charge in [0.2, 0.25) is 0 Å². The molecule has 1 atom stereocenters. The second kappa shape index (κ2) is 5.11. The second-order valence-corrected chi connectivity index (χ2v) is 7.07. The number of fused-ring (bicyclic) bond motifs is 1. The number of nitrogens with zero attached hydrogens (tertiary/aromatic N) is 1. The lowest BCUT2D eigenvalue weighted by Gasteiger charge is -2.26. The zero-order valence-corrected chi connectivity index (χ0v) is 14.6. The summed E-state index contributed by atoms with van der Waals surface area (Å²) in [5.41, 5.74) is 2.82. The average molecular weight is 395 g/mol. The van der Waals surface area contributed by atoms with Gasteiger partial charge in [0, 0.05) is 35.1 Å². The summed E-state index contributed by atoms with van der Waals surface area (Å²) in [4.78, 5) is 24.8. The van der Waals surface area contributed by atoms with Crippen molar-refractivity contribution in [3.8, 4) is 0 Å². The Kier molecular flexibility index (Phi) is 3.28. The SMILES string of the molecule is Cn1[nH]c(=O)c2c1NC1=C(C(=O)CC1)C2c1ccc(Br)c(Cl)c1. The molecule has 1 aliphatic heterocycles. The van der Waals surface area contributed by atoms with Crippen molar-refractivity contribution in [3.05, 3.63) is 60.4 Å². The summed E-state index contributed by atoms with van der Waals surface area (Å²) in [6.07, 6.45) is 1.15. The Morgan fingerprint density at radius 2 is 2.09 bits per heavy atom. The Balaban J connectivity index is 2.00. The number of rotatable bonds is 1. The molecule has 4 rings (SSSR count). The van der Waals surface area contributed by atoms with E-state index in [2.05, 4.69) is 26.3 Å². The molecule has 2 aliphatic rings. The number of carbonyl (C=O) groups excluding carboxylic acids is 1. The molecule has 0 saturated carbocycles. The number of ketones is 1. The highest BCUT2D eigenvalue weighted by atomic mass is 79.9. The predicted molar refractivity (Wildman–Crippen MR) is 91.9 cm³/mol. The van der Waals surface area contributed by atoms with Crippen LogP contribution < -0.4 is 10.9 Å². The molecule has 1 unspecified atom stereocenters. The number of halogens is 2. The molecule has 2 N–H and O–H groups in total. The van der Waals surface area contributed by atoms with E-state index in [0.29, 0.717) is 34.8 Å². The van der Waals surface area contributed by atoms with Crippen molar-refractivity contribution in [2.75, 3.05) is 5.32 Å². The molecular formula is C16H13BrClN3O2. The highest BCUT2D eigenvalue weighted by molar-refractivity contribution is 9.10. The lowest BCUT2D eigenvalue weighted by molar-refractivity contribution is -0.115. The van der Waals surface area contributed by atoms with Crippen LogP contribution in [0.2, 0.25) is 5.02 Å². The number of Topliss-reactive ketones (excluding diaryl/α,β-unsaturated/α-hetero) is 1. The first-order valence-electron chi connectivity index (χ1n) is 7.24. The van der Waals surface area contributed by atoms with Gasteiger partial charge >= 0.3 is 0 Å². The maximum atomic E-state index is 12.4. The summed E-state index contributed by atoms with van der Waals surface area (Å²) in [7, 11) is 1.78. The number of benzene rings is 1. The van der Waals surface area contributed by atoms with Gasteiger partial charge in [-0.25, -0.2) is 0 Å². The highest BCUT2D eigenvalue weighted by Crippen LogP contribution is 2.45. The van der Waals surface area contributed by atoms with Crippen molar-refractivity contribution >= 4 is 39.1 Å². The van der Waals surface area contributed by atoms with Gasteiger partial charge in [0.25, 0.3) is 5.56 Å². The van der Waals surface area contributed by atoms with Crippen LogP contribution in [0.3, 0.4) is 0 Å².